The zero-order chi connectivity index (χ0) is 11.4. The third kappa shape index (κ3) is 4.10. The molecule has 1 aromatic rings. The SMILES string of the molecule is CC(CCc1cc(Cl)cc(Cl)c1)C(=O)O. The Morgan fingerprint density at radius 3 is 2.33 bits per heavy atom. The summed E-state index contributed by atoms with van der Waals surface area (Å²) in [7, 11) is 0. The number of aliphatic carboxylic acids is 1. The van der Waals surface area contributed by atoms with E-state index in [9.17, 15) is 4.79 Å². The highest BCUT2D eigenvalue weighted by Gasteiger charge is 2.10. The van der Waals surface area contributed by atoms with Crippen molar-refractivity contribution in [3.63, 3.8) is 0 Å². The molecule has 0 saturated heterocycles. The molecule has 0 saturated carbocycles. The van der Waals surface area contributed by atoms with Gasteiger partial charge in [0.25, 0.3) is 0 Å². The van der Waals surface area contributed by atoms with Crippen molar-refractivity contribution in [2.24, 2.45) is 5.92 Å². The molecule has 0 spiro atoms. The number of rotatable bonds is 4. The Balaban J connectivity index is 2.61. The molecule has 0 fully saturated rings. The van der Waals surface area contributed by atoms with Crippen LogP contribution in [-0.2, 0) is 11.2 Å². The Hall–Kier alpha value is -0.730. The topological polar surface area (TPSA) is 37.3 Å². The summed E-state index contributed by atoms with van der Waals surface area (Å²) >= 11 is 11.7. The number of carboxylic acid groups (broad SMARTS) is 1. The number of benzene rings is 1. The molecule has 1 rings (SSSR count). The molecule has 0 aliphatic heterocycles. The average Bonchev–Trinajstić information content (AvgIpc) is 2.12. The van der Waals surface area contributed by atoms with Gasteiger partial charge in [-0.15, -0.1) is 0 Å². The van der Waals surface area contributed by atoms with Crippen LogP contribution >= 0.6 is 23.2 Å². The molecule has 0 heterocycles. The highest BCUT2D eigenvalue weighted by molar-refractivity contribution is 6.34. The predicted molar refractivity (Wildman–Crippen MR) is 61.6 cm³/mol. The molecule has 0 aliphatic rings. The van der Waals surface area contributed by atoms with Crippen LogP contribution in [0.3, 0.4) is 0 Å². The third-order valence-electron chi connectivity index (χ3n) is 2.21. The molecule has 1 atom stereocenters. The standard InChI is InChI=1S/C11H12Cl2O2/c1-7(11(14)15)2-3-8-4-9(12)6-10(13)5-8/h4-7H,2-3H2,1H3,(H,14,15). The normalized spacial score (nSPS) is 12.5. The lowest BCUT2D eigenvalue weighted by Crippen LogP contribution is -2.10. The second-order valence-electron chi connectivity index (χ2n) is 3.56. The lowest BCUT2D eigenvalue weighted by atomic mass is 10.0. The number of aryl methyl sites for hydroxylation is 1. The Morgan fingerprint density at radius 2 is 1.87 bits per heavy atom. The van der Waals surface area contributed by atoms with Gasteiger partial charge in [-0.05, 0) is 36.6 Å². The predicted octanol–water partition coefficient (Wildman–Crippen LogP) is 3.65. The Morgan fingerprint density at radius 1 is 1.33 bits per heavy atom. The van der Waals surface area contributed by atoms with E-state index in [0.717, 1.165) is 5.56 Å². The Labute approximate surface area is 98.8 Å². The molecule has 0 radical (unpaired) electrons. The fourth-order valence-electron chi connectivity index (χ4n) is 1.26. The first-order valence-electron chi connectivity index (χ1n) is 4.67. The molecule has 0 amide bonds. The maximum Gasteiger partial charge on any atom is 0.306 e. The summed E-state index contributed by atoms with van der Waals surface area (Å²) in [5.74, 6) is -1.12. The van der Waals surface area contributed by atoms with Crippen LogP contribution in [-0.4, -0.2) is 11.1 Å². The zero-order valence-electron chi connectivity index (χ0n) is 8.34. The van der Waals surface area contributed by atoms with E-state index in [1.165, 1.54) is 0 Å². The van der Waals surface area contributed by atoms with Gasteiger partial charge < -0.3 is 5.11 Å². The number of hydrogen-bond donors (Lipinski definition) is 1. The van der Waals surface area contributed by atoms with E-state index in [1.807, 2.05) is 12.1 Å². The van der Waals surface area contributed by atoms with Crippen LogP contribution in [0.5, 0.6) is 0 Å². The monoisotopic (exact) mass is 246 g/mol. The highest BCUT2D eigenvalue weighted by atomic mass is 35.5. The van der Waals surface area contributed by atoms with Crippen LogP contribution in [0.15, 0.2) is 18.2 Å². The van der Waals surface area contributed by atoms with Crippen LogP contribution in [0.4, 0.5) is 0 Å². The Kier molecular flexibility index (Phi) is 4.43. The van der Waals surface area contributed by atoms with Crippen molar-refractivity contribution in [3.8, 4) is 0 Å². The summed E-state index contributed by atoms with van der Waals surface area (Å²) in [5.41, 5.74) is 0.973. The zero-order valence-corrected chi connectivity index (χ0v) is 9.85. The van der Waals surface area contributed by atoms with Crippen molar-refractivity contribution in [2.75, 3.05) is 0 Å². The van der Waals surface area contributed by atoms with Crippen molar-refractivity contribution >= 4 is 29.2 Å². The van der Waals surface area contributed by atoms with Crippen molar-refractivity contribution in [1.29, 1.82) is 0 Å². The summed E-state index contributed by atoms with van der Waals surface area (Å²) in [5, 5.41) is 9.88. The Bertz CT molecular complexity index is 343. The van der Waals surface area contributed by atoms with E-state index in [0.29, 0.717) is 22.9 Å². The quantitative estimate of drug-likeness (QED) is 0.881. The number of carbonyl (C=O) groups is 1. The number of hydrogen-bond acceptors (Lipinski definition) is 1. The van der Waals surface area contributed by atoms with Gasteiger partial charge in [-0.1, -0.05) is 30.1 Å². The van der Waals surface area contributed by atoms with Crippen LogP contribution in [0.1, 0.15) is 18.9 Å². The van der Waals surface area contributed by atoms with Gasteiger partial charge in [0, 0.05) is 10.0 Å². The van der Waals surface area contributed by atoms with Gasteiger partial charge in [-0.25, -0.2) is 0 Å². The van der Waals surface area contributed by atoms with E-state index in [4.69, 9.17) is 28.3 Å². The van der Waals surface area contributed by atoms with E-state index >= 15 is 0 Å². The molecule has 0 aromatic heterocycles. The maximum atomic E-state index is 10.6. The third-order valence-corrected chi connectivity index (χ3v) is 2.65. The first kappa shape index (κ1) is 12.3. The van der Waals surface area contributed by atoms with E-state index in [1.54, 1.807) is 13.0 Å². The molecule has 1 unspecified atom stereocenters. The summed E-state index contributed by atoms with van der Waals surface area (Å²) in [6.07, 6.45) is 1.26. The molecule has 1 N–H and O–H groups in total. The van der Waals surface area contributed by atoms with Gasteiger partial charge >= 0.3 is 5.97 Å². The highest BCUT2D eigenvalue weighted by Crippen LogP contribution is 2.21. The second kappa shape index (κ2) is 5.38. The maximum absolute atomic E-state index is 10.6. The fraction of sp³-hybridized carbons (Fsp3) is 0.364. The molecule has 0 bridgehead atoms. The van der Waals surface area contributed by atoms with Gasteiger partial charge in [0.15, 0.2) is 0 Å². The fourth-order valence-corrected chi connectivity index (χ4v) is 1.83. The average molecular weight is 247 g/mol. The first-order valence-corrected chi connectivity index (χ1v) is 5.42. The lowest BCUT2D eigenvalue weighted by molar-refractivity contribution is -0.141. The lowest BCUT2D eigenvalue weighted by Gasteiger charge is -2.06. The molecule has 15 heavy (non-hydrogen) atoms. The molecular formula is C11H12Cl2O2. The molecular weight excluding hydrogens is 235 g/mol. The molecule has 4 heteroatoms. The van der Waals surface area contributed by atoms with Crippen molar-refractivity contribution in [3.05, 3.63) is 33.8 Å². The van der Waals surface area contributed by atoms with Crippen LogP contribution in [0.25, 0.3) is 0 Å². The minimum absolute atomic E-state index is 0.345. The number of carboxylic acids is 1. The molecule has 1 aromatic carbocycles. The van der Waals surface area contributed by atoms with Crippen molar-refractivity contribution < 1.29 is 9.90 Å². The first-order chi connectivity index (χ1) is 6.99. The summed E-state index contributed by atoms with van der Waals surface area (Å²) in [6, 6.07) is 5.28. The van der Waals surface area contributed by atoms with Crippen LogP contribution in [0.2, 0.25) is 10.0 Å². The van der Waals surface area contributed by atoms with E-state index in [-0.39, 0.29) is 5.92 Å². The molecule has 2 nitrogen and oxygen atoms in total. The molecule has 82 valence electrons. The summed E-state index contributed by atoms with van der Waals surface area (Å²) in [6.45, 7) is 1.69. The summed E-state index contributed by atoms with van der Waals surface area (Å²) < 4.78 is 0. The van der Waals surface area contributed by atoms with Gasteiger partial charge in [0.05, 0.1) is 5.92 Å². The smallest absolute Gasteiger partial charge is 0.306 e. The second-order valence-corrected chi connectivity index (χ2v) is 4.43. The van der Waals surface area contributed by atoms with Crippen molar-refractivity contribution in [1.82, 2.24) is 0 Å². The van der Waals surface area contributed by atoms with Gasteiger partial charge in [0.2, 0.25) is 0 Å². The van der Waals surface area contributed by atoms with Crippen molar-refractivity contribution in [2.45, 2.75) is 19.8 Å². The summed E-state index contributed by atoms with van der Waals surface area (Å²) in [4.78, 5) is 10.6. The van der Waals surface area contributed by atoms with Gasteiger partial charge in [0.1, 0.15) is 0 Å². The minimum Gasteiger partial charge on any atom is -0.481 e. The largest absolute Gasteiger partial charge is 0.481 e. The van der Waals surface area contributed by atoms with Gasteiger partial charge in [-0.2, -0.15) is 0 Å². The van der Waals surface area contributed by atoms with Crippen LogP contribution in [0, 0.1) is 5.92 Å². The van der Waals surface area contributed by atoms with Crippen LogP contribution < -0.4 is 0 Å². The van der Waals surface area contributed by atoms with E-state index in [2.05, 4.69) is 0 Å². The van der Waals surface area contributed by atoms with Gasteiger partial charge in [-0.3, -0.25) is 4.79 Å². The molecule has 0 aliphatic carbocycles. The minimum atomic E-state index is -0.775. The number of halogens is 2. The van der Waals surface area contributed by atoms with E-state index < -0.39 is 5.97 Å².